The van der Waals surface area contributed by atoms with Crippen molar-refractivity contribution in [1.29, 1.82) is 0 Å². The Morgan fingerprint density at radius 1 is 1.38 bits per heavy atom. The van der Waals surface area contributed by atoms with E-state index in [1.54, 1.807) is 0 Å². The van der Waals surface area contributed by atoms with Crippen LogP contribution in [0.15, 0.2) is 23.1 Å². The van der Waals surface area contributed by atoms with E-state index < -0.39 is 43.5 Å². The first-order valence-electron chi connectivity index (χ1n) is 5.58. The Morgan fingerprint density at radius 2 is 2.00 bits per heavy atom. The van der Waals surface area contributed by atoms with E-state index in [0.717, 1.165) is 12.1 Å². The lowest BCUT2D eigenvalue weighted by Crippen LogP contribution is -2.32. The summed E-state index contributed by atoms with van der Waals surface area (Å²) < 4.78 is 71.0. The summed E-state index contributed by atoms with van der Waals surface area (Å²) in [5, 5.41) is 0. The molecule has 21 heavy (non-hydrogen) atoms. The van der Waals surface area contributed by atoms with Gasteiger partial charge in [-0.1, -0.05) is 6.07 Å². The average molecular weight is 345 g/mol. The van der Waals surface area contributed by atoms with Gasteiger partial charge in [-0.3, -0.25) is 0 Å². The molecule has 1 aromatic carbocycles. The normalized spacial score (nSPS) is 19.0. The standard InChI is InChI=1S/C11H8ClF3O5S/c12-21(17,18)9-6(10(16)20-8-4-5-19-8)2-1-3-7(9)11(13,14)15/h1-3,8H,4-5H2. The number of esters is 1. The minimum atomic E-state index is -4.99. The summed E-state index contributed by atoms with van der Waals surface area (Å²) >= 11 is 0. The predicted molar refractivity (Wildman–Crippen MR) is 64.3 cm³/mol. The van der Waals surface area contributed by atoms with Crippen LogP contribution in [-0.4, -0.2) is 27.3 Å². The average Bonchev–Trinajstić information content (AvgIpc) is 2.30. The molecule has 0 N–H and O–H groups in total. The fraction of sp³-hybridized carbons (Fsp3) is 0.364. The lowest BCUT2D eigenvalue weighted by atomic mass is 10.1. The van der Waals surface area contributed by atoms with Gasteiger partial charge >= 0.3 is 12.1 Å². The lowest BCUT2D eigenvalue weighted by Gasteiger charge is -2.26. The molecular weight excluding hydrogens is 337 g/mol. The van der Waals surface area contributed by atoms with Gasteiger partial charge in [0.2, 0.25) is 6.29 Å². The summed E-state index contributed by atoms with van der Waals surface area (Å²) in [5.74, 6) is -1.25. The van der Waals surface area contributed by atoms with Crippen molar-refractivity contribution in [2.24, 2.45) is 0 Å². The third kappa shape index (κ3) is 3.47. The highest BCUT2D eigenvalue weighted by molar-refractivity contribution is 8.13. The number of halogens is 4. The molecule has 0 aliphatic carbocycles. The number of hydrogen-bond acceptors (Lipinski definition) is 5. The monoisotopic (exact) mass is 344 g/mol. The van der Waals surface area contributed by atoms with Crippen molar-refractivity contribution in [2.45, 2.75) is 23.8 Å². The van der Waals surface area contributed by atoms with Gasteiger partial charge in [-0.25, -0.2) is 13.2 Å². The Balaban J connectivity index is 2.52. The van der Waals surface area contributed by atoms with Crippen LogP contribution in [0.2, 0.25) is 0 Å². The molecule has 1 aromatic rings. The second-order valence-corrected chi connectivity index (χ2v) is 6.61. The molecule has 0 bridgehead atoms. The van der Waals surface area contributed by atoms with Crippen LogP contribution < -0.4 is 0 Å². The summed E-state index contributed by atoms with van der Waals surface area (Å²) in [6.45, 7) is 0.348. The van der Waals surface area contributed by atoms with Gasteiger partial charge in [0.05, 0.1) is 17.7 Å². The van der Waals surface area contributed by atoms with Gasteiger partial charge in [0.1, 0.15) is 4.90 Å². The Morgan fingerprint density at radius 3 is 2.43 bits per heavy atom. The number of carbonyl (C=O) groups excluding carboxylic acids is 1. The molecule has 0 spiro atoms. The fourth-order valence-corrected chi connectivity index (χ4v) is 3.03. The van der Waals surface area contributed by atoms with Crippen molar-refractivity contribution < 1.29 is 35.9 Å². The molecule has 5 nitrogen and oxygen atoms in total. The van der Waals surface area contributed by atoms with E-state index in [2.05, 4.69) is 0 Å². The molecule has 0 amide bonds. The van der Waals surface area contributed by atoms with Gasteiger partial charge < -0.3 is 9.47 Å². The maximum atomic E-state index is 12.9. The molecule has 1 aliphatic heterocycles. The van der Waals surface area contributed by atoms with Crippen LogP contribution in [0.25, 0.3) is 0 Å². The molecule has 10 heteroatoms. The minimum absolute atomic E-state index is 0.348. The van der Waals surface area contributed by atoms with E-state index in [1.807, 2.05) is 0 Å². The molecule has 2 rings (SSSR count). The molecule has 0 radical (unpaired) electrons. The second-order valence-electron chi connectivity index (χ2n) is 4.11. The third-order valence-electron chi connectivity index (χ3n) is 2.68. The van der Waals surface area contributed by atoms with Crippen LogP contribution in [0.3, 0.4) is 0 Å². The lowest BCUT2D eigenvalue weighted by molar-refractivity contribution is -0.184. The van der Waals surface area contributed by atoms with Crippen LogP contribution in [0.4, 0.5) is 13.2 Å². The van der Waals surface area contributed by atoms with E-state index in [-0.39, 0.29) is 0 Å². The molecule has 1 atom stereocenters. The van der Waals surface area contributed by atoms with Gasteiger partial charge in [0.25, 0.3) is 9.05 Å². The predicted octanol–water partition coefficient (Wildman–Crippen LogP) is 2.54. The molecular formula is C11H8ClF3O5S. The molecule has 1 unspecified atom stereocenters. The van der Waals surface area contributed by atoms with E-state index in [4.69, 9.17) is 20.2 Å². The number of ether oxygens (including phenoxy) is 2. The van der Waals surface area contributed by atoms with Crippen molar-refractivity contribution in [3.63, 3.8) is 0 Å². The zero-order chi connectivity index (χ0) is 15.8. The molecule has 1 saturated heterocycles. The fourth-order valence-electron chi connectivity index (χ4n) is 1.67. The van der Waals surface area contributed by atoms with Crippen molar-refractivity contribution in [3.8, 4) is 0 Å². The Bertz CT molecular complexity index is 667. The zero-order valence-electron chi connectivity index (χ0n) is 10.2. The smallest absolute Gasteiger partial charge is 0.417 e. The maximum Gasteiger partial charge on any atom is 0.417 e. The van der Waals surface area contributed by atoms with E-state index in [9.17, 15) is 26.4 Å². The Kier molecular flexibility index (Phi) is 4.18. The topological polar surface area (TPSA) is 69.7 Å². The van der Waals surface area contributed by atoms with Crippen LogP contribution in [-0.2, 0) is 24.7 Å². The summed E-state index contributed by atoms with van der Waals surface area (Å²) in [7, 11) is 0.230. The van der Waals surface area contributed by atoms with Gasteiger partial charge in [-0.2, -0.15) is 13.2 Å². The number of alkyl halides is 3. The van der Waals surface area contributed by atoms with Crippen molar-refractivity contribution in [1.82, 2.24) is 0 Å². The molecule has 1 heterocycles. The van der Waals surface area contributed by atoms with Crippen molar-refractivity contribution >= 4 is 25.7 Å². The van der Waals surface area contributed by atoms with Gasteiger partial charge in [0.15, 0.2) is 0 Å². The third-order valence-corrected chi connectivity index (χ3v) is 4.07. The van der Waals surface area contributed by atoms with Crippen molar-refractivity contribution in [2.75, 3.05) is 6.61 Å². The maximum absolute atomic E-state index is 12.9. The number of benzene rings is 1. The Hall–Kier alpha value is -1.32. The first-order valence-corrected chi connectivity index (χ1v) is 7.89. The highest BCUT2D eigenvalue weighted by Crippen LogP contribution is 2.37. The minimum Gasteiger partial charge on any atom is -0.432 e. The van der Waals surface area contributed by atoms with Gasteiger partial charge in [-0.15, -0.1) is 0 Å². The van der Waals surface area contributed by atoms with E-state index >= 15 is 0 Å². The number of carbonyl (C=O) groups is 1. The summed E-state index contributed by atoms with van der Waals surface area (Å²) in [4.78, 5) is 10.5. The number of hydrogen-bond donors (Lipinski definition) is 0. The molecule has 1 aliphatic rings. The Labute approximate surface area is 122 Å². The summed E-state index contributed by atoms with van der Waals surface area (Å²) in [6, 6.07) is 2.31. The van der Waals surface area contributed by atoms with Crippen molar-refractivity contribution in [3.05, 3.63) is 29.3 Å². The second kappa shape index (κ2) is 5.47. The molecule has 1 fully saturated rings. The zero-order valence-corrected chi connectivity index (χ0v) is 11.8. The van der Waals surface area contributed by atoms with Crippen LogP contribution in [0.5, 0.6) is 0 Å². The van der Waals surface area contributed by atoms with Gasteiger partial charge in [-0.05, 0) is 12.1 Å². The molecule has 0 aromatic heterocycles. The quantitative estimate of drug-likeness (QED) is 0.622. The van der Waals surface area contributed by atoms with Gasteiger partial charge in [0, 0.05) is 17.1 Å². The highest BCUT2D eigenvalue weighted by Gasteiger charge is 2.40. The number of rotatable bonds is 3. The summed E-state index contributed by atoms with van der Waals surface area (Å²) in [5.41, 5.74) is -2.31. The SMILES string of the molecule is O=C(OC1CCO1)c1cccc(C(F)(F)F)c1S(=O)(=O)Cl. The van der Waals surface area contributed by atoms with E-state index in [1.165, 1.54) is 0 Å². The van der Waals surface area contributed by atoms with Crippen LogP contribution >= 0.6 is 10.7 Å². The summed E-state index contributed by atoms with van der Waals surface area (Å²) in [6.07, 6.45) is -5.49. The van der Waals surface area contributed by atoms with Crippen LogP contribution in [0, 0.1) is 0 Å². The molecule has 116 valence electrons. The molecule has 0 saturated carbocycles. The highest BCUT2D eigenvalue weighted by atomic mass is 35.7. The van der Waals surface area contributed by atoms with Crippen LogP contribution in [0.1, 0.15) is 22.3 Å². The first-order chi connectivity index (χ1) is 9.60. The van der Waals surface area contributed by atoms with E-state index in [0.29, 0.717) is 19.1 Å². The largest absolute Gasteiger partial charge is 0.432 e. The first kappa shape index (κ1) is 16.1.